The average molecular weight is 204 g/mol. The Morgan fingerprint density at radius 1 is 1.23 bits per heavy atom. The number of hydrogen-bond donors (Lipinski definition) is 3. The summed E-state index contributed by atoms with van der Waals surface area (Å²) in [5, 5.41) is 0. The summed E-state index contributed by atoms with van der Waals surface area (Å²) in [6.45, 7) is 0. The Kier molecular flexibility index (Phi) is 3.27. The number of benzene rings is 1. The van der Waals surface area contributed by atoms with Gasteiger partial charge in [0.2, 0.25) is 0 Å². The van der Waals surface area contributed by atoms with E-state index in [-0.39, 0.29) is 23.7 Å². The van der Waals surface area contributed by atoms with Crippen LogP contribution in [0.4, 0.5) is 11.4 Å². The summed E-state index contributed by atoms with van der Waals surface area (Å²) in [7, 11) is -4.26. The van der Waals surface area contributed by atoms with E-state index in [1.807, 2.05) is 0 Å². The van der Waals surface area contributed by atoms with E-state index in [4.69, 9.17) is 16.0 Å². The normalized spacial score (nSPS) is 10.5. The predicted octanol–water partition coefficient (Wildman–Crippen LogP) is 0.734. The summed E-state index contributed by atoms with van der Waals surface area (Å²) in [5.74, 6) is 0. The molecule has 1 rings (SSSR count). The minimum atomic E-state index is -4.26. The van der Waals surface area contributed by atoms with Crippen molar-refractivity contribution in [2.24, 2.45) is 0 Å². The van der Waals surface area contributed by atoms with Crippen molar-refractivity contribution in [3.63, 3.8) is 0 Å². The van der Waals surface area contributed by atoms with Crippen LogP contribution in [0.25, 0.3) is 0 Å². The number of anilines is 2. The van der Waals surface area contributed by atoms with Gasteiger partial charge in [0.1, 0.15) is 4.90 Å². The lowest BCUT2D eigenvalue weighted by molar-refractivity contribution is 0.483. The summed E-state index contributed by atoms with van der Waals surface area (Å²) < 4.78 is 29.9. The van der Waals surface area contributed by atoms with Crippen LogP contribution in [0.15, 0.2) is 23.1 Å². The molecule has 1 aromatic carbocycles. The number of nitrogens with two attached hydrogens (primary N) is 2. The van der Waals surface area contributed by atoms with Gasteiger partial charge in [-0.3, -0.25) is 4.55 Å². The van der Waals surface area contributed by atoms with Crippen LogP contribution in [0.3, 0.4) is 0 Å². The molecule has 0 atom stereocenters. The molecule has 6 heteroatoms. The Labute approximate surface area is 77.1 Å². The highest BCUT2D eigenvalue weighted by Gasteiger charge is 2.14. The van der Waals surface area contributed by atoms with E-state index in [1.165, 1.54) is 18.2 Å². The van der Waals surface area contributed by atoms with Crippen LogP contribution in [0.1, 0.15) is 7.43 Å². The fraction of sp³-hybridized carbons (Fsp3) is 0.143. The standard InChI is InChI=1S/C6H8N2O3S.CH4/c7-4-2-1-3-5(6(4)8)12(9,10)11;/h1-3H,7-8H2,(H,9,10,11);1H4. The lowest BCUT2D eigenvalue weighted by Crippen LogP contribution is -2.05. The third kappa shape index (κ3) is 2.33. The topological polar surface area (TPSA) is 106 Å². The number of nitrogen functional groups attached to an aromatic ring is 2. The largest absolute Gasteiger partial charge is 0.397 e. The molecule has 0 saturated carbocycles. The fourth-order valence-corrected chi connectivity index (χ4v) is 1.43. The molecule has 0 heterocycles. The van der Waals surface area contributed by atoms with Crippen LogP contribution in [-0.4, -0.2) is 13.0 Å². The zero-order chi connectivity index (χ0) is 9.35. The van der Waals surface area contributed by atoms with Crippen molar-refractivity contribution in [3.05, 3.63) is 18.2 Å². The summed E-state index contributed by atoms with van der Waals surface area (Å²) in [5.41, 5.74) is 10.6. The second-order valence-electron chi connectivity index (χ2n) is 2.23. The molecule has 0 radical (unpaired) electrons. The highest BCUT2D eigenvalue weighted by Crippen LogP contribution is 2.23. The maximum atomic E-state index is 10.6. The molecule has 5 N–H and O–H groups in total. The molecule has 13 heavy (non-hydrogen) atoms. The van der Waals surface area contributed by atoms with E-state index in [2.05, 4.69) is 0 Å². The molecule has 0 bridgehead atoms. The molecule has 0 aromatic heterocycles. The SMILES string of the molecule is C.Nc1cccc(S(=O)(=O)O)c1N. The Morgan fingerprint density at radius 3 is 2.15 bits per heavy atom. The lowest BCUT2D eigenvalue weighted by Gasteiger charge is -2.03. The fourth-order valence-electron chi connectivity index (χ4n) is 0.786. The van der Waals surface area contributed by atoms with Crippen molar-refractivity contribution in [1.29, 1.82) is 0 Å². The minimum Gasteiger partial charge on any atom is -0.397 e. The van der Waals surface area contributed by atoms with Crippen LogP contribution in [0, 0.1) is 0 Å². The van der Waals surface area contributed by atoms with Gasteiger partial charge in [0.25, 0.3) is 10.1 Å². The molecule has 0 unspecified atom stereocenters. The van der Waals surface area contributed by atoms with E-state index in [0.29, 0.717) is 0 Å². The molecule has 5 nitrogen and oxygen atoms in total. The molecule has 0 aliphatic carbocycles. The first kappa shape index (κ1) is 11.7. The maximum Gasteiger partial charge on any atom is 0.296 e. The average Bonchev–Trinajstić information content (AvgIpc) is 1.92. The molecular weight excluding hydrogens is 192 g/mol. The van der Waals surface area contributed by atoms with Crippen molar-refractivity contribution in [1.82, 2.24) is 0 Å². The van der Waals surface area contributed by atoms with E-state index in [9.17, 15) is 8.42 Å². The first-order chi connectivity index (χ1) is 5.43. The second-order valence-corrected chi connectivity index (χ2v) is 3.62. The van der Waals surface area contributed by atoms with Crippen LogP contribution in [0.2, 0.25) is 0 Å². The molecule has 0 saturated heterocycles. The smallest absolute Gasteiger partial charge is 0.296 e. The molecule has 0 fully saturated rings. The summed E-state index contributed by atoms with van der Waals surface area (Å²) >= 11 is 0. The maximum absolute atomic E-state index is 10.6. The van der Waals surface area contributed by atoms with E-state index >= 15 is 0 Å². The number of para-hydroxylation sites is 1. The second kappa shape index (κ2) is 3.63. The molecule has 74 valence electrons. The van der Waals surface area contributed by atoms with Gasteiger partial charge in [-0.05, 0) is 12.1 Å². The first-order valence-corrected chi connectivity index (χ1v) is 4.48. The molecule has 0 aliphatic rings. The van der Waals surface area contributed by atoms with Gasteiger partial charge in [-0.25, -0.2) is 0 Å². The first-order valence-electron chi connectivity index (χ1n) is 3.04. The van der Waals surface area contributed by atoms with Gasteiger partial charge in [0.05, 0.1) is 11.4 Å². The molecule has 0 spiro atoms. The van der Waals surface area contributed by atoms with E-state index < -0.39 is 10.1 Å². The summed E-state index contributed by atoms with van der Waals surface area (Å²) in [6, 6.07) is 4.03. The number of hydrogen-bond acceptors (Lipinski definition) is 4. The molecular formula is C7H12N2O3S. The van der Waals surface area contributed by atoms with Gasteiger partial charge in [-0.1, -0.05) is 13.5 Å². The van der Waals surface area contributed by atoms with Gasteiger partial charge in [-0.15, -0.1) is 0 Å². The van der Waals surface area contributed by atoms with Crippen molar-refractivity contribution in [2.75, 3.05) is 11.5 Å². The van der Waals surface area contributed by atoms with Gasteiger partial charge < -0.3 is 11.5 Å². The highest BCUT2D eigenvalue weighted by molar-refractivity contribution is 7.86. The van der Waals surface area contributed by atoms with Gasteiger partial charge in [-0.2, -0.15) is 8.42 Å². The third-order valence-electron chi connectivity index (χ3n) is 1.38. The minimum absolute atomic E-state index is 0. The monoisotopic (exact) mass is 204 g/mol. The van der Waals surface area contributed by atoms with Gasteiger partial charge >= 0.3 is 0 Å². The third-order valence-corrected chi connectivity index (χ3v) is 2.29. The van der Waals surface area contributed by atoms with Crippen molar-refractivity contribution >= 4 is 21.5 Å². The van der Waals surface area contributed by atoms with Gasteiger partial charge in [0.15, 0.2) is 0 Å². The Morgan fingerprint density at radius 2 is 1.77 bits per heavy atom. The molecule has 0 amide bonds. The summed E-state index contributed by atoms with van der Waals surface area (Å²) in [4.78, 5) is -0.359. The molecule has 1 aromatic rings. The van der Waals surface area contributed by atoms with Crippen molar-refractivity contribution in [2.45, 2.75) is 12.3 Å². The van der Waals surface area contributed by atoms with Crippen LogP contribution < -0.4 is 11.5 Å². The van der Waals surface area contributed by atoms with Crippen LogP contribution in [0.5, 0.6) is 0 Å². The Balaban J connectivity index is 0.00000144. The number of rotatable bonds is 1. The highest BCUT2D eigenvalue weighted by atomic mass is 32.2. The van der Waals surface area contributed by atoms with E-state index in [0.717, 1.165) is 0 Å². The predicted molar refractivity (Wildman–Crippen MR) is 51.8 cm³/mol. The lowest BCUT2D eigenvalue weighted by atomic mass is 10.3. The van der Waals surface area contributed by atoms with Crippen molar-refractivity contribution in [3.8, 4) is 0 Å². The zero-order valence-corrected chi connectivity index (χ0v) is 6.88. The Bertz CT molecular complexity index is 400. The molecule has 0 aliphatic heterocycles. The Hall–Kier alpha value is -1.27. The van der Waals surface area contributed by atoms with Crippen LogP contribution >= 0.6 is 0 Å². The van der Waals surface area contributed by atoms with Crippen molar-refractivity contribution < 1.29 is 13.0 Å². The zero-order valence-electron chi connectivity index (χ0n) is 6.06. The summed E-state index contributed by atoms with van der Waals surface area (Å²) in [6.07, 6.45) is 0. The van der Waals surface area contributed by atoms with Crippen LogP contribution in [-0.2, 0) is 10.1 Å². The van der Waals surface area contributed by atoms with E-state index in [1.54, 1.807) is 0 Å². The van der Waals surface area contributed by atoms with Gasteiger partial charge in [0, 0.05) is 0 Å². The quantitative estimate of drug-likeness (QED) is 0.462.